The van der Waals surface area contributed by atoms with Crippen LogP contribution in [-0.4, -0.2) is 25.7 Å². The SMILES string of the molecule is CCOC(=O)/C(C)=C/c1cc(Br)ccc1N1CCC(C)C1. The number of carbonyl (C=O) groups excluding carboxylic acids is 1. The summed E-state index contributed by atoms with van der Waals surface area (Å²) in [6.07, 6.45) is 3.14. The number of carbonyl (C=O) groups is 1. The van der Waals surface area contributed by atoms with Gasteiger partial charge in [0.15, 0.2) is 0 Å². The van der Waals surface area contributed by atoms with Crippen LogP contribution in [0, 0.1) is 5.92 Å². The van der Waals surface area contributed by atoms with Gasteiger partial charge in [-0.2, -0.15) is 0 Å². The summed E-state index contributed by atoms with van der Waals surface area (Å²) < 4.78 is 6.07. The quantitative estimate of drug-likeness (QED) is 0.599. The molecule has 0 N–H and O–H groups in total. The molecule has 1 aliphatic rings. The number of esters is 1. The number of halogens is 1. The Bertz CT molecular complexity index is 554. The molecule has 0 radical (unpaired) electrons. The van der Waals surface area contributed by atoms with Gasteiger partial charge in [0.2, 0.25) is 0 Å². The molecule has 0 bridgehead atoms. The molecule has 0 spiro atoms. The molecule has 1 aromatic carbocycles. The number of hydrogen-bond donors (Lipinski definition) is 0. The second kappa shape index (κ2) is 7.12. The highest BCUT2D eigenvalue weighted by Crippen LogP contribution is 2.30. The van der Waals surface area contributed by atoms with Crippen LogP contribution in [0.15, 0.2) is 28.2 Å². The van der Waals surface area contributed by atoms with Crippen LogP contribution in [0.1, 0.15) is 32.8 Å². The van der Waals surface area contributed by atoms with Gasteiger partial charge in [0.05, 0.1) is 6.61 Å². The zero-order valence-corrected chi connectivity index (χ0v) is 14.4. The maximum Gasteiger partial charge on any atom is 0.333 e. The molecule has 4 heteroatoms. The van der Waals surface area contributed by atoms with E-state index in [0.717, 1.165) is 29.0 Å². The van der Waals surface area contributed by atoms with Crippen molar-refractivity contribution in [1.29, 1.82) is 0 Å². The molecular weight excluding hydrogens is 330 g/mol. The minimum atomic E-state index is -0.252. The van der Waals surface area contributed by atoms with Crippen LogP contribution in [0.2, 0.25) is 0 Å². The zero-order valence-electron chi connectivity index (χ0n) is 12.9. The first kappa shape index (κ1) is 16.1. The van der Waals surface area contributed by atoms with E-state index in [0.29, 0.717) is 12.2 Å². The van der Waals surface area contributed by atoms with Crippen LogP contribution in [0.5, 0.6) is 0 Å². The molecule has 1 atom stereocenters. The van der Waals surface area contributed by atoms with Gasteiger partial charge in [0, 0.05) is 28.8 Å². The molecule has 21 heavy (non-hydrogen) atoms. The molecule has 2 rings (SSSR count). The molecule has 0 amide bonds. The third-order valence-electron chi connectivity index (χ3n) is 3.72. The fourth-order valence-electron chi connectivity index (χ4n) is 2.62. The lowest BCUT2D eigenvalue weighted by Gasteiger charge is -2.21. The molecule has 1 aliphatic heterocycles. The Morgan fingerprint density at radius 2 is 2.29 bits per heavy atom. The number of benzene rings is 1. The van der Waals surface area contributed by atoms with Gasteiger partial charge in [-0.15, -0.1) is 0 Å². The predicted octanol–water partition coefficient (Wildman–Crippen LogP) is 4.26. The Balaban J connectivity index is 2.31. The van der Waals surface area contributed by atoms with E-state index >= 15 is 0 Å². The minimum Gasteiger partial charge on any atom is -0.463 e. The number of hydrogen-bond acceptors (Lipinski definition) is 3. The lowest BCUT2D eigenvalue weighted by Crippen LogP contribution is -2.20. The van der Waals surface area contributed by atoms with Crippen LogP contribution in [0.3, 0.4) is 0 Å². The topological polar surface area (TPSA) is 29.5 Å². The van der Waals surface area contributed by atoms with Crippen molar-refractivity contribution in [3.8, 4) is 0 Å². The first-order chi connectivity index (χ1) is 10.0. The summed E-state index contributed by atoms with van der Waals surface area (Å²) in [4.78, 5) is 14.2. The van der Waals surface area contributed by atoms with Crippen molar-refractivity contribution in [1.82, 2.24) is 0 Å². The number of ether oxygens (including phenoxy) is 1. The summed E-state index contributed by atoms with van der Waals surface area (Å²) in [5, 5.41) is 0. The van der Waals surface area contributed by atoms with E-state index in [1.165, 1.54) is 12.1 Å². The van der Waals surface area contributed by atoms with Crippen molar-refractivity contribution in [2.45, 2.75) is 27.2 Å². The number of anilines is 1. The molecule has 1 saturated heterocycles. The molecule has 1 heterocycles. The van der Waals surface area contributed by atoms with E-state index in [-0.39, 0.29) is 5.97 Å². The van der Waals surface area contributed by atoms with Crippen LogP contribution >= 0.6 is 15.9 Å². The third kappa shape index (κ3) is 4.10. The molecule has 0 aliphatic carbocycles. The fourth-order valence-corrected chi connectivity index (χ4v) is 3.00. The van der Waals surface area contributed by atoms with Gasteiger partial charge < -0.3 is 9.64 Å². The van der Waals surface area contributed by atoms with E-state index in [1.807, 2.05) is 13.0 Å². The van der Waals surface area contributed by atoms with Crippen molar-refractivity contribution >= 4 is 33.7 Å². The highest BCUT2D eigenvalue weighted by molar-refractivity contribution is 9.10. The van der Waals surface area contributed by atoms with Crippen LogP contribution < -0.4 is 4.90 Å². The number of nitrogens with zero attached hydrogens (tertiary/aromatic N) is 1. The van der Waals surface area contributed by atoms with Crippen LogP contribution in [0.25, 0.3) is 6.08 Å². The minimum absolute atomic E-state index is 0.252. The molecule has 0 saturated carbocycles. The molecule has 0 aromatic heterocycles. The first-order valence-corrected chi connectivity index (χ1v) is 8.20. The lowest BCUT2D eigenvalue weighted by atomic mass is 10.1. The molecule has 3 nitrogen and oxygen atoms in total. The molecule has 114 valence electrons. The Morgan fingerprint density at radius 3 is 2.90 bits per heavy atom. The fraction of sp³-hybridized carbons (Fsp3) is 0.471. The van der Waals surface area contributed by atoms with Crippen LogP contribution in [0.4, 0.5) is 5.69 Å². The lowest BCUT2D eigenvalue weighted by molar-refractivity contribution is -0.138. The maximum atomic E-state index is 11.8. The second-order valence-electron chi connectivity index (χ2n) is 5.59. The molecule has 1 fully saturated rings. The van der Waals surface area contributed by atoms with Crippen molar-refractivity contribution in [3.63, 3.8) is 0 Å². The van der Waals surface area contributed by atoms with E-state index < -0.39 is 0 Å². The third-order valence-corrected chi connectivity index (χ3v) is 4.22. The summed E-state index contributed by atoms with van der Waals surface area (Å²) in [6.45, 7) is 8.44. The van der Waals surface area contributed by atoms with E-state index in [1.54, 1.807) is 6.92 Å². The van der Waals surface area contributed by atoms with Gasteiger partial charge in [-0.25, -0.2) is 4.79 Å². The zero-order chi connectivity index (χ0) is 15.4. The van der Waals surface area contributed by atoms with Crippen molar-refractivity contribution < 1.29 is 9.53 Å². The van der Waals surface area contributed by atoms with Gasteiger partial charge in [-0.1, -0.05) is 22.9 Å². The highest BCUT2D eigenvalue weighted by Gasteiger charge is 2.21. The highest BCUT2D eigenvalue weighted by atomic mass is 79.9. The number of rotatable bonds is 4. The normalized spacial score (nSPS) is 19.0. The average Bonchev–Trinajstić information content (AvgIpc) is 2.85. The van der Waals surface area contributed by atoms with E-state index in [9.17, 15) is 4.79 Å². The summed E-state index contributed by atoms with van der Waals surface area (Å²) >= 11 is 3.51. The Morgan fingerprint density at radius 1 is 1.52 bits per heavy atom. The van der Waals surface area contributed by atoms with Gasteiger partial charge in [0.1, 0.15) is 0 Å². The van der Waals surface area contributed by atoms with Crippen molar-refractivity contribution in [3.05, 3.63) is 33.8 Å². The van der Waals surface area contributed by atoms with Gasteiger partial charge >= 0.3 is 5.97 Å². The maximum absolute atomic E-state index is 11.8. The standard InChI is InChI=1S/C17H22BrNO2/c1-4-21-17(20)13(3)9-14-10-15(18)5-6-16(14)19-8-7-12(2)11-19/h5-6,9-10,12H,4,7-8,11H2,1-3H3/b13-9+. The largest absolute Gasteiger partial charge is 0.463 e. The van der Waals surface area contributed by atoms with E-state index in [4.69, 9.17) is 4.74 Å². The van der Waals surface area contributed by atoms with Gasteiger partial charge in [-0.3, -0.25) is 0 Å². The molecule has 1 aromatic rings. The van der Waals surface area contributed by atoms with Crippen molar-refractivity contribution in [2.24, 2.45) is 5.92 Å². The first-order valence-electron chi connectivity index (χ1n) is 7.41. The second-order valence-corrected chi connectivity index (χ2v) is 6.51. The Kier molecular flexibility index (Phi) is 5.45. The van der Waals surface area contributed by atoms with E-state index in [2.05, 4.69) is 46.0 Å². The summed E-state index contributed by atoms with van der Waals surface area (Å²) in [6, 6.07) is 6.22. The van der Waals surface area contributed by atoms with Crippen LogP contribution in [-0.2, 0) is 9.53 Å². The van der Waals surface area contributed by atoms with Gasteiger partial charge in [0.25, 0.3) is 0 Å². The summed E-state index contributed by atoms with van der Waals surface area (Å²) in [5.74, 6) is 0.467. The van der Waals surface area contributed by atoms with Gasteiger partial charge in [-0.05, 0) is 56.0 Å². The average molecular weight is 352 g/mol. The van der Waals surface area contributed by atoms with Crippen molar-refractivity contribution in [2.75, 3.05) is 24.6 Å². The predicted molar refractivity (Wildman–Crippen MR) is 90.4 cm³/mol. The Hall–Kier alpha value is -1.29. The Labute approximate surface area is 135 Å². The smallest absolute Gasteiger partial charge is 0.333 e. The summed E-state index contributed by atoms with van der Waals surface area (Å²) in [5.41, 5.74) is 2.87. The molecular formula is C17H22BrNO2. The molecule has 1 unspecified atom stereocenters. The monoisotopic (exact) mass is 351 g/mol. The summed E-state index contributed by atoms with van der Waals surface area (Å²) in [7, 11) is 0.